The monoisotopic (exact) mass is 410 g/mol. The molecule has 0 aromatic heterocycles. The van der Waals surface area contributed by atoms with Crippen molar-refractivity contribution in [2.45, 2.75) is 56.5 Å². The summed E-state index contributed by atoms with van der Waals surface area (Å²) in [6.07, 6.45) is 5.94. The zero-order valence-corrected chi connectivity index (χ0v) is 17.1. The van der Waals surface area contributed by atoms with E-state index in [9.17, 15) is 19.6 Å². The van der Waals surface area contributed by atoms with Gasteiger partial charge in [-0.2, -0.15) is 5.26 Å². The molecule has 2 aliphatic heterocycles. The molecule has 8 nitrogen and oxygen atoms in total. The van der Waals surface area contributed by atoms with Crippen LogP contribution >= 0.6 is 0 Å². The Morgan fingerprint density at radius 3 is 2.80 bits per heavy atom. The predicted molar refractivity (Wildman–Crippen MR) is 110 cm³/mol. The van der Waals surface area contributed by atoms with E-state index >= 15 is 0 Å². The van der Waals surface area contributed by atoms with E-state index < -0.39 is 24.0 Å². The molecule has 1 atom stereocenters. The Labute approximate surface area is 175 Å². The molecule has 8 heteroatoms. The molecule has 30 heavy (non-hydrogen) atoms. The number of amides is 2. The number of carbonyl (C=O) groups excluding carboxylic acids is 3. The Hall–Kier alpha value is -3.08. The summed E-state index contributed by atoms with van der Waals surface area (Å²) in [5, 5.41) is 12.5. The number of hydrogen-bond donors (Lipinski definition) is 1. The van der Waals surface area contributed by atoms with Gasteiger partial charge in [0.1, 0.15) is 11.6 Å². The van der Waals surface area contributed by atoms with Gasteiger partial charge in [0.2, 0.25) is 5.91 Å². The second kappa shape index (κ2) is 7.98. The van der Waals surface area contributed by atoms with E-state index in [1.165, 1.54) is 4.90 Å². The van der Waals surface area contributed by atoms with E-state index in [1.54, 1.807) is 19.2 Å². The maximum Gasteiger partial charge on any atom is 0.338 e. The molecule has 1 N–H and O–H groups in total. The number of anilines is 2. The lowest BCUT2D eigenvalue weighted by atomic mass is 9.81. The normalized spacial score (nSPS) is 21.7. The first-order valence-corrected chi connectivity index (χ1v) is 10.5. The van der Waals surface area contributed by atoms with Crippen molar-refractivity contribution in [2.75, 3.05) is 30.4 Å². The number of nitrogens with one attached hydrogen (secondary N) is 1. The average molecular weight is 410 g/mol. The van der Waals surface area contributed by atoms with Gasteiger partial charge in [-0.15, -0.1) is 0 Å². The van der Waals surface area contributed by atoms with Crippen LogP contribution in [-0.2, 0) is 14.3 Å². The number of benzene rings is 1. The van der Waals surface area contributed by atoms with Crippen molar-refractivity contribution in [3.8, 4) is 6.07 Å². The molecule has 1 saturated carbocycles. The highest BCUT2D eigenvalue weighted by atomic mass is 16.5. The van der Waals surface area contributed by atoms with Crippen LogP contribution < -0.4 is 10.2 Å². The summed E-state index contributed by atoms with van der Waals surface area (Å²) in [5.74, 6) is -1.08. The van der Waals surface area contributed by atoms with Crippen LogP contribution in [0.3, 0.4) is 0 Å². The number of esters is 1. The Morgan fingerprint density at radius 1 is 1.30 bits per heavy atom. The van der Waals surface area contributed by atoms with Crippen LogP contribution in [0.2, 0.25) is 0 Å². The minimum Gasteiger partial charge on any atom is -0.452 e. The quantitative estimate of drug-likeness (QED) is 0.765. The van der Waals surface area contributed by atoms with E-state index in [1.807, 2.05) is 6.07 Å². The van der Waals surface area contributed by atoms with E-state index in [-0.39, 0.29) is 17.5 Å². The molecule has 1 saturated heterocycles. The lowest BCUT2D eigenvalue weighted by molar-refractivity contribution is -0.138. The van der Waals surface area contributed by atoms with Gasteiger partial charge in [0.15, 0.2) is 6.61 Å². The number of ether oxygens (including phenoxy) is 1. The Kier molecular flexibility index (Phi) is 5.37. The maximum absolute atomic E-state index is 12.6. The van der Waals surface area contributed by atoms with Crippen molar-refractivity contribution in [2.24, 2.45) is 0 Å². The van der Waals surface area contributed by atoms with E-state index in [2.05, 4.69) is 16.3 Å². The van der Waals surface area contributed by atoms with Crippen molar-refractivity contribution in [3.63, 3.8) is 0 Å². The fraction of sp³-hybridized carbons (Fsp3) is 0.545. The highest BCUT2D eigenvalue weighted by molar-refractivity contribution is 6.05. The topological polar surface area (TPSA) is 103 Å². The fourth-order valence-corrected chi connectivity index (χ4v) is 4.76. The molecule has 0 unspecified atom stereocenters. The van der Waals surface area contributed by atoms with Crippen LogP contribution in [0.5, 0.6) is 0 Å². The minimum atomic E-state index is -0.815. The molecule has 0 bridgehead atoms. The summed E-state index contributed by atoms with van der Waals surface area (Å²) in [6.45, 7) is 0.396. The number of rotatable bonds is 4. The highest BCUT2D eigenvalue weighted by Crippen LogP contribution is 2.37. The third-order valence-electron chi connectivity index (χ3n) is 6.59. The van der Waals surface area contributed by atoms with Crippen molar-refractivity contribution in [3.05, 3.63) is 23.8 Å². The number of likely N-dealkylation sites (N-methyl/N-ethyl adjacent to an activating group) is 1. The molecule has 3 aliphatic rings. The van der Waals surface area contributed by atoms with Gasteiger partial charge in [-0.25, -0.2) is 4.79 Å². The summed E-state index contributed by atoms with van der Waals surface area (Å²) in [6, 6.07) is 7.21. The molecule has 0 spiro atoms. The molecule has 2 heterocycles. The van der Waals surface area contributed by atoms with Gasteiger partial charge in [0.05, 0.1) is 23.0 Å². The van der Waals surface area contributed by atoms with Gasteiger partial charge in [-0.1, -0.05) is 19.3 Å². The van der Waals surface area contributed by atoms with Crippen molar-refractivity contribution in [1.29, 1.82) is 5.26 Å². The van der Waals surface area contributed by atoms with E-state index in [0.29, 0.717) is 18.5 Å². The molecule has 158 valence electrons. The molecule has 1 aromatic carbocycles. The number of hydrogen-bond acceptors (Lipinski definition) is 6. The summed E-state index contributed by atoms with van der Waals surface area (Å²) in [7, 11) is 1.60. The Morgan fingerprint density at radius 2 is 2.07 bits per heavy atom. The molecule has 0 radical (unpaired) electrons. The van der Waals surface area contributed by atoms with Gasteiger partial charge < -0.3 is 19.9 Å². The number of nitriles is 1. The lowest BCUT2D eigenvalue weighted by Crippen LogP contribution is -2.51. The summed E-state index contributed by atoms with van der Waals surface area (Å²) < 4.78 is 5.23. The van der Waals surface area contributed by atoms with Gasteiger partial charge in [-0.3, -0.25) is 9.59 Å². The zero-order valence-electron chi connectivity index (χ0n) is 17.1. The van der Waals surface area contributed by atoms with Gasteiger partial charge >= 0.3 is 5.97 Å². The van der Waals surface area contributed by atoms with Gasteiger partial charge in [0, 0.05) is 13.6 Å². The van der Waals surface area contributed by atoms with Crippen LogP contribution in [0, 0.1) is 11.3 Å². The van der Waals surface area contributed by atoms with Gasteiger partial charge in [-0.05, 0) is 43.9 Å². The molecule has 1 aliphatic carbocycles. The highest BCUT2D eigenvalue weighted by Gasteiger charge is 2.39. The zero-order chi connectivity index (χ0) is 21.3. The molecular weight excluding hydrogens is 384 g/mol. The summed E-state index contributed by atoms with van der Waals surface area (Å²) in [5.41, 5.74) is 0.943. The van der Waals surface area contributed by atoms with Gasteiger partial charge in [0.25, 0.3) is 5.91 Å². The third-order valence-corrected chi connectivity index (χ3v) is 6.59. The average Bonchev–Trinajstić information content (AvgIpc) is 3.27. The summed E-state index contributed by atoms with van der Waals surface area (Å²) >= 11 is 0. The first kappa shape index (κ1) is 20.2. The van der Waals surface area contributed by atoms with Crippen molar-refractivity contribution < 1.29 is 19.1 Å². The standard InChI is InChI=1S/C22H26N4O4/c1-25(22(14-23)9-3-2-4-10-22)19(27)13-30-21(29)15-7-8-17-16(12-15)24-20(28)18-6-5-11-26(17)18/h7-8,12,18H,2-6,9-11,13H2,1H3,(H,24,28)/t18-/m1/s1. The number of nitrogens with zero attached hydrogens (tertiary/aromatic N) is 3. The van der Waals surface area contributed by atoms with Crippen LogP contribution in [-0.4, -0.2) is 54.5 Å². The number of carbonyl (C=O) groups is 3. The van der Waals surface area contributed by atoms with Crippen LogP contribution in [0.4, 0.5) is 11.4 Å². The molecule has 4 rings (SSSR count). The number of fused-ring (bicyclic) bond motifs is 3. The predicted octanol–water partition coefficient (Wildman–Crippen LogP) is 2.45. The Bertz CT molecular complexity index is 916. The molecule has 2 fully saturated rings. The molecule has 2 amide bonds. The third kappa shape index (κ3) is 3.49. The lowest BCUT2D eigenvalue weighted by Gasteiger charge is -2.38. The van der Waals surface area contributed by atoms with Crippen molar-refractivity contribution >= 4 is 29.2 Å². The van der Waals surface area contributed by atoms with Crippen LogP contribution in [0.1, 0.15) is 55.3 Å². The second-order valence-electron chi connectivity index (χ2n) is 8.31. The SMILES string of the molecule is CN(C(=O)COC(=O)c1ccc2c(c1)NC(=O)[C@H]1CCCN21)C1(C#N)CCCCC1. The van der Waals surface area contributed by atoms with Crippen molar-refractivity contribution in [1.82, 2.24) is 4.90 Å². The largest absolute Gasteiger partial charge is 0.452 e. The van der Waals surface area contributed by atoms with E-state index in [4.69, 9.17) is 4.74 Å². The van der Waals surface area contributed by atoms with E-state index in [0.717, 1.165) is 44.3 Å². The molecule has 1 aromatic rings. The first-order chi connectivity index (χ1) is 14.4. The second-order valence-corrected chi connectivity index (χ2v) is 8.31. The van der Waals surface area contributed by atoms with Crippen LogP contribution in [0.25, 0.3) is 0 Å². The fourth-order valence-electron chi connectivity index (χ4n) is 4.76. The smallest absolute Gasteiger partial charge is 0.338 e. The Balaban J connectivity index is 1.41. The minimum absolute atomic E-state index is 0.0587. The maximum atomic E-state index is 12.6. The first-order valence-electron chi connectivity index (χ1n) is 10.5. The van der Waals surface area contributed by atoms with Crippen LogP contribution in [0.15, 0.2) is 18.2 Å². The molecular formula is C22H26N4O4. The summed E-state index contributed by atoms with van der Waals surface area (Å²) in [4.78, 5) is 40.9.